The van der Waals surface area contributed by atoms with Gasteiger partial charge in [-0.3, -0.25) is 60.7 Å². The number of aromatic nitrogens is 1. The monoisotopic (exact) mass is 964 g/mol. The molecule has 0 atom stereocenters. The number of fused-ring (bicyclic) bond motifs is 4. The van der Waals surface area contributed by atoms with Crippen LogP contribution in [0.15, 0.2) is 170 Å². The van der Waals surface area contributed by atoms with Crippen LogP contribution in [-0.4, -0.2) is 46.6 Å². The number of rotatable bonds is 8. The summed E-state index contributed by atoms with van der Waals surface area (Å²) in [5.41, 5.74) is 2.65. The average Bonchev–Trinajstić information content (AvgIpc) is 3.35. The molecular weight excluding hydrogens is 933 g/mol. The minimum atomic E-state index is -1.13. The van der Waals surface area contributed by atoms with Gasteiger partial charge in [0.25, 0.3) is 34.1 Å². The zero-order chi connectivity index (χ0) is 51.9. The van der Waals surface area contributed by atoms with E-state index < -0.39 is 75.6 Å². The second-order valence-electron chi connectivity index (χ2n) is 14.3. The fraction of sp³-hybridized carbons (Fsp3) is 0. The topological polar surface area (TPSA) is 376 Å². The number of carboxylic acid groups (broad SMARTS) is 2. The number of nitrogen functional groups attached to an aromatic ring is 1. The van der Waals surface area contributed by atoms with Gasteiger partial charge >= 0.3 is 5.97 Å². The number of H-pyrrole nitrogens is 1. The lowest BCUT2D eigenvalue weighted by atomic mass is 9.97. The first kappa shape index (κ1) is 51.1. The fourth-order valence-corrected chi connectivity index (χ4v) is 6.68. The normalized spacial score (nSPS) is 10.1. The van der Waals surface area contributed by atoms with Crippen LogP contribution in [0.2, 0.25) is 0 Å². The molecule has 8 aromatic carbocycles. The number of carboxylic acids is 2. The van der Waals surface area contributed by atoms with Gasteiger partial charge in [0.05, 0.1) is 83.2 Å². The molecular formula is C47H32N8O16. The van der Waals surface area contributed by atoms with Crippen LogP contribution in [0.3, 0.4) is 0 Å². The molecule has 9 aromatic rings. The minimum absolute atomic E-state index is 0.277. The van der Waals surface area contributed by atoms with Crippen LogP contribution in [0.4, 0.5) is 39.8 Å². The van der Waals surface area contributed by atoms with E-state index in [1.807, 2.05) is 128 Å². The summed E-state index contributed by atoms with van der Waals surface area (Å²) in [7, 11) is 0. The summed E-state index contributed by atoms with van der Waals surface area (Å²) in [4.78, 5) is 81.9. The number of aromatic carboxylic acids is 2. The molecule has 0 saturated heterocycles. The molecule has 0 aliphatic heterocycles. The number of nitro benzene ring substituents is 6. The Balaban J connectivity index is 0.000000169. The number of nitro groups is 6. The molecule has 24 heteroatoms. The number of hydrogen-bond acceptors (Lipinski definition) is 16. The van der Waals surface area contributed by atoms with Crippen LogP contribution in [-0.2, 0) is 0 Å². The fourth-order valence-electron chi connectivity index (χ4n) is 6.68. The van der Waals surface area contributed by atoms with Crippen LogP contribution >= 0.6 is 0 Å². The maximum Gasteiger partial charge on any atom is 0.336 e. The highest BCUT2D eigenvalue weighted by atomic mass is 16.6. The smallest absolute Gasteiger partial charge is 0.336 e. The largest absolute Gasteiger partial charge is 0.545 e. The lowest BCUT2D eigenvalue weighted by molar-refractivity contribution is -0.403. The molecule has 0 amide bonds. The Labute approximate surface area is 396 Å². The highest BCUT2D eigenvalue weighted by Gasteiger charge is 2.23. The Morgan fingerprint density at radius 3 is 0.873 bits per heavy atom. The molecule has 24 nitrogen and oxygen atoms in total. The first-order valence-electron chi connectivity index (χ1n) is 19.9. The van der Waals surface area contributed by atoms with Crippen molar-refractivity contribution in [3.05, 3.63) is 242 Å². The van der Waals surface area contributed by atoms with Crippen molar-refractivity contribution in [1.29, 1.82) is 0 Å². The summed E-state index contributed by atoms with van der Waals surface area (Å²) < 4.78 is 0. The highest BCUT2D eigenvalue weighted by molar-refractivity contribution is 6.16. The summed E-state index contributed by atoms with van der Waals surface area (Å²) >= 11 is 0. The van der Waals surface area contributed by atoms with Crippen LogP contribution < -0.4 is 15.8 Å². The molecule has 0 unspecified atom stereocenters. The first-order valence-corrected chi connectivity index (χ1v) is 19.9. The molecule has 0 fully saturated rings. The molecule has 0 spiro atoms. The van der Waals surface area contributed by atoms with Gasteiger partial charge in [-0.15, -0.1) is 0 Å². The van der Waals surface area contributed by atoms with Crippen LogP contribution in [0.25, 0.3) is 43.1 Å². The summed E-state index contributed by atoms with van der Waals surface area (Å²) in [6.45, 7) is 0. The molecule has 9 rings (SSSR count). The molecule has 1 aromatic heterocycles. The number of hydrogen-bond donors (Lipinski definition) is 2. The van der Waals surface area contributed by atoms with Gasteiger partial charge in [0.1, 0.15) is 0 Å². The van der Waals surface area contributed by atoms with E-state index in [1.54, 1.807) is 6.20 Å². The van der Waals surface area contributed by atoms with Gasteiger partial charge < -0.3 is 20.7 Å². The van der Waals surface area contributed by atoms with Crippen molar-refractivity contribution in [2.24, 2.45) is 0 Å². The maximum absolute atomic E-state index is 11.4. The van der Waals surface area contributed by atoms with Gasteiger partial charge in [0.2, 0.25) is 0 Å². The quantitative estimate of drug-likeness (QED) is 0.0814. The number of anilines is 1. The molecule has 4 N–H and O–H groups in total. The molecule has 0 aliphatic rings. The van der Waals surface area contributed by atoms with E-state index in [9.17, 15) is 80.5 Å². The van der Waals surface area contributed by atoms with Crippen LogP contribution in [0.1, 0.15) is 20.7 Å². The zero-order valence-corrected chi connectivity index (χ0v) is 36.0. The van der Waals surface area contributed by atoms with Gasteiger partial charge in [-0.05, 0) is 61.3 Å². The summed E-state index contributed by atoms with van der Waals surface area (Å²) in [6, 6.07) is 41.7. The van der Waals surface area contributed by atoms with Crippen molar-refractivity contribution in [3.63, 3.8) is 0 Å². The molecule has 0 radical (unpaired) electrons. The summed E-state index contributed by atoms with van der Waals surface area (Å²) in [5.74, 6) is -2.00. The molecule has 0 saturated carbocycles. The van der Waals surface area contributed by atoms with Crippen molar-refractivity contribution >= 4 is 94.8 Å². The number of aromatic amines is 1. The second kappa shape index (κ2) is 23.0. The Kier molecular flexibility index (Phi) is 16.6. The first-order chi connectivity index (χ1) is 33.8. The Hall–Kier alpha value is -10.9. The van der Waals surface area contributed by atoms with Crippen molar-refractivity contribution in [3.8, 4) is 0 Å². The predicted molar refractivity (Wildman–Crippen MR) is 254 cm³/mol. The van der Waals surface area contributed by atoms with E-state index in [0.29, 0.717) is 42.0 Å². The van der Waals surface area contributed by atoms with E-state index in [1.165, 1.54) is 0 Å². The number of nitrogens with zero attached hydrogens (tertiary/aromatic N) is 6. The van der Waals surface area contributed by atoms with Gasteiger partial charge in [-0.2, -0.15) is 0 Å². The Bertz CT molecular complexity index is 3080. The zero-order valence-electron chi connectivity index (χ0n) is 36.0. The average molecular weight is 965 g/mol. The van der Waals surface area contributed by atoms with Gasteiger partial charge in [0, 0.05) is 11.6 Å². The van der Waals surface area contributed by atoms with Crippen molar-refractivity contribution in [1.82, 2.24) is 0 Å². The number of non-ortho nitro benzene ring substituents is 6. The summed E-state index contributed by atoms with van der Waals surface area (Å²) in [6.07, 6.45) is 3.55. The molecule has 0 aliphatic carbocycles. The third kappa shape index (κ3) is 13.1. The van der Waals surface area contributed by atoms with E-state index in [4.69, 9.17) is 5.73 Å². The number of carbonyl (C=O) groups is 2. The minimum Gasteiger partial charge on any atom is -0.545 e. The van der Waals surface area contributed by atoms with Gasteiger partial charge in [0.15, 0.2) is 12.4 Å². The van der Waals surface area contributed by atoms with Crippen LogP contribution in [0, 0.1) is 60.7 Å². The van der Waals surface area contributed by atoms with Gasteiger partial charge in [-0.25, -0.2) is 9.78 Å². The second-order valence-corrected chi connectivity index (χ2v) is 14.3. The van der Waals surface area contributed by atoms with Crippen LogP contribution in [0.5, 0.6) is 0 Å². The number of carbonyl (C=O) groups excluding carboxylic acids is 1. The van der Waals surface area contributed by atoms with E-state index >= 15 is 0 Å². The lowest BCUT2D eigenvalue weighted by Gasteiger charge is -2.11. The maximum atomic E-state index is 11.4. The van der Waals surface area contributed by atoms with Crippen molar-refractivity contribution in [2.75, 3.05) is 5.73 Å². The van der Waals surface area contributed by atoms with Crippen molar-refractivity contribution < 1.29 is 54.3 Å². The molecule has 356 valence electrons. The number of benzene rings is 8. The Morgan fingerprint density at radius 2 is 0.676 bits per heavy atom. The third-order valence-corrected chi connectivity index (χ3v) is 9.73. The van der Waals surface area contributed by atoms with Gasteiger partial charge in [-0.1, -0.05) is 97.1 Å². The van der Waals surface area contributed by atoms with Crippen molar-refractivity contribution in [2.45, 2.75) is 0 Å². The molecule has 0 bridgehead atoms. The summed E-state index contributed by atoms with van der Waals surface area (Å²) in [5, 5.41) is 89.4. The molecule has 71 heavy (non-hydrogen) atoms. The highest BCUT2D eigenvalue weighted by Crippen LogP contribution is 2.31. The van der Waals surface area contributed by atoms with E-state index in [0.717, 1.165) is 48.8 Å². The molecule has 1 heterocycles. The third-order valence-electron chi connectivity index (χ3n) is 9.73. The SMILES string of the molecule is Nc1ccc[nH+]c1.O=C(O)c1c2ccccc2cc2ccccc12.O=C([O-])c1c2ccccc2cc2ccccc12.O=[N+]([O-])c1cc([N+](=O)[O-])cc([N+](=O)[O-])c1.O=[N+]([O-])c1cc([N+](=O)[O-])cc([N+](=O)[O-])c1. The standard InChI is InChI=1S/2C15H10O2.2C6H3N3O6.C5H6N2/c2*16-15(17)14-12-7-3-1-5-10(12)9-11-6-2-4-8-13(11)14;2*10-7(11)4-1-5(8(12)13)3-6(2-4)9(14)15;6-5-2-1-3-7-4-5/h2*1-9H,(H,16,17);2*1-3H;1-4H,6H2. The predicted octanol–water partition coefficient (Wildman–Crippen LogP) is 8.95. The number of pyridine rings is 1. The van der Waals surface area contributed by atoms with E-state index in [2.05, 4.69) is 4.98 Å². The Morgan fingerprint density at radius 1 is 0.408 bits per heavy atom. The number of nitrogens with one attached hydrogen (secondary N) is 1. The number of nitrogens with two attached hydrogens (primary N) is 1. The lowest BCUT2D eigenvalue weighted by Crippen LogP contribution is -2.22. The van der Waals surface area contributed by atoms with E-state index in [-0.39, 0.29) is 5.56 Å².